The largest absolute Gasteiger partial charge is 0.387 e. The van der Waals surface area contributed by atoms with Crippen molar-refractivity contribution in [2.24, 2.45) is 0 Å². The van der Waals surface area contributed by atoms with Crippen LogP contribution in [0.4, 0.5) is 5.69 Å². The van der Waals surface area contributed by atoms with E-state index in [1.807, 2.05) is 19.9 Å². The summed E-state index contributed by atoms with van der Waals surface area (Å²) in [6.45, 7) is 4.32. The van der Waals surface area contributed by atoms with Crippen LogP contribution in [0.1, 0.15) is 26.6 Å². The molecule has 0 aliphatic carbocycles. The number of carbonyl (C=O) groups is 1. The van der Waals surface area contributed by atoms with E-state index in [1.54, 1.807) is 30.1 Å². The Bertz CT molecular complexity index is 594. The van der Waals surface area contributed by atoms with Crippen LogP contribution >= 0.6 is 11.3 Å². The summed E-state index contributed by atoms with van der Waals surface area (Å²) < 4.78 is 0. The third-order valence-electron chi connectivity index (χ3n) is 2.81. The van der Waals surface area contributed by atoms with E-state index in [4.69, 9.17) is 0 Å². The highest BCUT2D eigenvalue weighted by Gasteiger charge is 2.12. The van der Waals surface area contributed by atoms with Gasteiger partial charge in [-0.25, -0.2) is 4.98 Å². The Hall–Kier alpha value is -1.95. The number of pyridine rings is 1. The predicted octanol–water partition coefficient (Wildman–Crippen LogP) is 2.13. The molecule has 0 spiro atoms. The molecule has 6 heteroatoms. The van der Waals surface area contributed by atoms with Crippen LogP contribution in [-0.4, -0.2) is 22.9 Å². The minimum atomic E-state index is -0.135. The van der Waals surface area contributed by atoms with Crippen LogP contribution in [0.25, 0.3) is 0 Å². The third kappa shape index (κ3) is 3.08. The van der Waals surface area contributed by atoms with Gasteiger partial charge in [-0.05, 0) is 19.9 Å². The lowest BCUT2D eigenvalue weighted by Crippen LogP contribution is -2.24. The lowest BCUT2D eigenvalue weighted by Gasteiger charge is -2.09. The number of aryl methyl sites for hydroxylation is 2. The molecule has 0 aliphatic rings. The zero-order valence-corrected chi connectivity index (χ0v) is 12.0. The fourth-order valence-electron chi connectivity index (χ4n) is 1.70. The van der Waals surface area contributed by atoms with Gasteiger partial charge in [0.25, 0.3) is 5.91 Å². The van der Waals surface area contributed by atoms with Crippen molar-refractivity contribution in [1.82, 2.24) is 15.3 Å². The number of hydrogen-bond donors (Lipinski definition) is 2. The number of aromatic nitrogens is 2. The molecule has 2 N–H and O–H groups in total. The van der Waals surface area contributed by atoms with Crippen molar-refractivity contribution in [3.8, 4) is 0 Å². The second-order valence-electron chi connectivity index (χ2n) is 4.16. The molecule has 2 heterocycles. The van der Waals surface area contributed by atoms with E-state index in [2.05, 4.69) is 20.6 Å². The van der Waals surface area contributed by atoms with Crippen molar-refractivity contribution in [1.29, 1.82) is 0 Å². The molecule has 1 amide bonds. The van der Waals surface area contributed by atoms with Crippen LogP contribution < -0.4 is 10.6 Å². The van der Waals surface area contributed by atoms with E-state index in [1.165, 1.54) is 0 Å². The van der Waals surface area contributed by atoms with Crippen LogP contribution in [-0.2, 0) is 6.54 Å². The molecule has 19 heavy (non-hydrogen) atoms. The lowest BCUT2D eigenvalue weighted by molar-refractivity contribution is 0.0951. The first kappa shape index (κ1) is 13.5. The van der Waals surface area contributed by atoms with Crippen LogP contribution in [0.15, 0.2) is 17.8 Å². The van der Waals surface area contributed by atoms with Crippen molar-refractivity contribution < 1.29 is 4.79 Å². The van der Waals surface area contributed by atoms with Gasteiger partial charge >= 0.3 is 0 Å². The summed E-state index contributed by atoms with van der Waals surface area (Å²) in [4.78, 5) is 21.5. The molecule has 0 saturated carbocycles. The maximum Gasteiger partial charge on any atom is 0.255 e. The van der Waals surface area contributed by atoms with E-state index in [0.29, 0.717) is 12.1 Å². The number of anilines is 1. The van der Waals surface area contributed by atoms with E-state index < -0.39 is 0 Å². The highest BCUT2D eigenvalue weighted by molar-refractivity contribution is 7.09. The molecule has 0 aromatic carbocycles. The molecular weight excluding hydrogens is 260 g/mol. The molecule has 0 unspecified atom stereocenters. The van der Waals surface area contributed by atoms with Gasteiger partial charge < -0.3 is 10.6 Å². The van der Waals surface area contributed by atoms with Crippen LogP contribution in [0.2, 0.25) is 0 Å². The molecule has 0 radical (unpaired) electrons. The molecule has 0 saturated heterocycles. The second-order valence-corrected chi connectivity index (χ2v) is 5.10. The number of rotatable bonds is 4. The minimum absolute atomic E-state index is 0.135. The van der Waals surface area contributed by atoms with Crippen molar-refractivity contribution >= 4 is 22.9 Å². The van der Waals surface area contributed by atoms with E-state index >= 15 is 0 Å². The van der Waals surface area contributed by atoms with Gasteiger partial charge in [-0.1, -0.05) is 0 Å². The molecule has 100 valence electrons. The van der Waals surface area contributed by atoms with Gasteiger partial charge in [0.05, 0.1) is 29.0 Å². The van der Waals surface area contributed by atoms with Crippen LogP contribution in [0, 0.1) is 13.8 Å². The summed E-state index contributed by atoms with van der Waals surface area (Å²) in [5.74, 6) is -0.135. The molecule has 0 fully saturated rings. The normalized spacial score (nSPS) is 10.3. The highest BCUT2D eigenvalue weighted by atomic mass is 32.1. The Labute approximate surface area is 116 Å². The Morgan fingerprint density at radius 3 is 2.79 bits per heavy atom. The maximum absolute atomic E-state index is 12.1. The fraction of sp³-hybridized carbons (Fsp3) is 0.308. The van der Waals surface area contributed by atoms with Crippen molar-refractivity contribution in [2.45, 2.75) is 20.4 Å². The highest BCUT2D eigenvalue weighted by Crippen LogP contribution is 2.16. The van der Waals surface area contributed by atoms with Crippen molar-refractivity contribution in [2.75, 3.05) is 12.4 Å². The first-order valence-corrected chi connectivity index (χ1v) is 6.81. The Morgan fingerprint density at radius 2 is 2.16 bits per heavy atom. The van der Waals surface area contributed by atoms with Crippen molar-refractivity contribution in [3.63, 3.8) is 0 Å². The van der Waals surface area contributed by atoms with Crippen LogP contribution in [0.5, 0.6) is 0 Å². The number of hydrogen-bond acceptors (Lipinski definition) is 5. The molecule has 2 aromatic rings. The number of nitrogens with one attached hydrogen (secondary N) is 2. The minimum Gasteiger partial charge on any atom is -0.387 e. The van der Waals surface area contributed by atoms with Crippen molar-refractivity contribution in [3.05, 3.63) is 39.6 Å². The SMILES string of the molecule is CNc1cc(C)ncc1C(=O)NCc1scnc1C. The summed E-state index contributed by atoms with van der Waals surface area (Å²) in [6.07, 6.45) is 1.59. The quantitative estimate of drug-likeness (QED) is 0.897. The summed E-state index contributed by atoms with van der Waals surface area (Å²) >= 11 is 1.54. The standard InChI is InChI=1S/C13H16N4OS/c1-8-4-11(14-3)10(5-15-8)13(18)16-6-12-9(2)17-7-19-12/h4-5,7H,6H2,1-3H3,(H,14,15)(H,16,18). The molecule has 0 bridgehead atoms. The average Bonchev–Trinajstić information content (AvgIpc) is 2.81. The number of amides is 1. The van der Waals surface area contributed by atoms with E-state index in [-0.39, 0.29) is 5.91 Å². The maximum atomic E-state index is 12.1. The van der Waals surface area contributed by atoms with Gasteiger partial charge in [0.1, 0.15) is 0 Å². The molecule has 2 rings (SSSR count). The number of thiazole rings is 1. The van der Waals surface area contributed by atoms with Gasteiger partial charge in [0, 0.05) is 23.8 Å². The molecular formula is C13H16N4OS. The summed E-state index contributed by atoms with van der Waals surface area (Å²) in [6, 6.07) is 1.85. The lowest BCUT2D eigenvalue weighted by atomic mass is 10.2. The van der Waals surface area contributed by atoms with Gasteiger partial charge in [-0.15, -0.1) is 11.3 Å². The van der Waals surface area contributed by atoms with Gasteiger partial charge in [-0.2, -0.15) is 0 Å². The Balaban J connectivity index is 2.10. The molecule has 5 nitrogen and oxygen atoms in total. The summed E-state index contributed by atoms with van der Waals surface area (Å²) in [7, 11) is 1.79. The zero-order valence-electron chi connectivity index (χ0n) is 11.2. The summed E-state index contributed by atoms with van der Waals surface area (Å²) in [5.41, 5.74) is 4.95. The fourth-order valence-corrected chi connectivity index (χ4v) is 2.42. The predicted molar refractivity (Wildman–Crippen MR) is 76.5 cm³/mol. The monoisotopic (exact) mass is 276 g/mol. The second kappa shape index (κ2) is 5.79. The van der Waals surface area contributed by atoms with Crippen LogP contribution in [0.3, 0.4) is 0 Å². The summed E-state index contributed by atoms with van der Waals surface area (Å²) in [5, 5.41) is 5.90. The topological polar surface area (TPSA) is 66.9 Å². The molecule has 2 aromatic heterocycles. The van der Waals surface area contributed by atoms with Gasteiger partial charge in [-0.3, -0.25) is 9.78 Å². The molecule has 0 aliphatic heterocycles. The number of carbonyl (C=O) groups excluding carboxylic acids is 1. The zero-order chi connectivity index (χ0) is 13.8. The van der Waals surface area contributed by atoms with Gasteiger partial charge in [0.2, 0.25) is 0 Å². The molecule has 0 atom stereocenters. The Morgan fingerprint density at radius 1 is 1.37 bits per heavy atom. The Kier molecular flexibility index (Phi) is 4.11. The smallest absolute Gasteiger partial charge is 0.255 e. The van der Waals surface area contributed by atoms with E-state index in [9.17, 15) is 4.79 Å². The number of nitrogens with zero attached hydrogens (tertiary/aromatic N) is 2. The average molecular weight is 276 g/mol. The first-order chi connectivity index (χ1) is 9.11. The van der Waals surface area contributed by atoms with E-state index in [0.717, 1.165) is 22.0 Å². The third-order valence-corrected chi connectivity index (χ3v) is 3.74. The van der Waals surface area contributed by atoms with Gasteiger partial charge in [0.15, 0.2) is 0 Å². The first-order valence-electron chi connectivity index (χ1n) is 5.93.